The van der Waals surface area contributed by atoms with Gasteiger partial charge in [-0.3, -0.25) is 4.68 Å². The summed E-state index contributed by atoms with van der Waals surface area (Å²) in [5.74, 6) is 0.792. The van der Waals surface area contributed by atoms with Crippen LogP contribution in [0.25, 0.3) is 0 Å². The summed E-state index contributed by atoms with van der Waals surface area (Å²) in [7, 11) is 1.99. The fourth-order valence-corrected chi connectivity index (χ4v) is 1.83. The van der Waals surface area contributed by atoms with Gasteiger partial charge in [-0.1, -0.05) is 26.7 Å². The number of rotatable bonds is 6. The molecule has 15 heavy (non-hydrogen) atoms. The Morgan fingerprint density at radius 3 is 2.53 bits per heavy atom. The number of nitrogens with one attached hydrogen (secondary N) is 1. The van der Waals surface area contributed by atoms with Crippen LogP contribution in [0.3, 0.4) is 0 Å². The Labute approximate surface area is 92.9 Å². The van der Waals surface area contributed by atoms with Crippen LogP contribution in [-0.2, 0) is 7.05 Å². The summed E-state index contributed by atoms with van der Waals surface area (Å²) in [4.78, 5) is 0. The molecule has 0 radical (unpaired) electrons. The van der Waals surface area contributed by atoms with Crippen molar-refractivity contribution in [3.63, 3.8) is 0 Å². The molecule has 0 aliphatic rings. The molecule has 0 bridgehead atoms. The molecule has 1 N–H and O–H groups in total. The first kappa shape index (κ1) is 12.2. The molecule has 0 saturated carbocycles. The van der Waals surface area contributed by atoms with Crippen molar-refractivity contribution in [3.8, 4) is 0 Å². The second-order valence-electron chi connectivity index (χ2n) is 4.19. The van der Waals surface area contributed by atoms with E-state index >= 15 is 0 Å². The predicted molar refractivity (Wildman–Crippen MR) is 63.7 cm³/mol. The third kappa shape index (κ3) is 3.34. The lowest BCUT2D eigenvalue weighted by Gasteiger charge is -2.18. The van der Waals surface area contributed by atoms with Crippen molar-refractivity contribution in [1.82, 2.24) is 15.1 Å². The Morgan fingerprint density at radius 2 is 2.07 bits per heavy atom. The van der Waals surface area contributed by atoms with E-state index in [4.69, 9.17) is 0 Å². The monoisotopic (exact) mass is 209 g/mol. The molecule has 0 aliphatic carbocycles. The second-order valence-corrected chi connectivity index (χ2v) is 4.19. The predicted octanol–water partition coefficient (Wildman–Crippen LogP) is 2.51. The summed E-state index contributed by atoms with van der Waals surface area (Å²) in [6.07, 6.45) is 4.36. The minimum Gasteiger partial charge on any atom is -0.309 e. The maximum absolute atomic E-state index is 4.18. The fraction of sp³-hybridized carbons (Fsp3) is 0.750. The molecule has 0 aliphatic heterocycles. The van der Waals surface area contributed by atoms with E-state index in [1.54, 1.807) is 0 Å². The molecule has 0 aromatic carbocycles. The summed E-state index contributed by atoms with van der Waals surface area (Å²) in [6.45, 7) is 7.80. The SMILES string of the molecule is CCC(CC)CNC(C)c1ccnn1C. The van der Waals surface area contributed by atoms with Gasteiger partial charge in [-0.25, -0.2) is 0 Å². The lowest BCUT2D eigenvalue weighted by atomic mass is 10.0. The van der Waals surface area contributed by atoms with Crippen molar-refractivity contribution in [2.45, 2.75) is 39.7 Å². The zero-order chi connectivity index (χ0) is 11.3. The first-order chi connectivity index (χ1) is 7.19. The van der Waals surface area contributed by atoms with Gasteiger partial charge in [-0.05, 0) is 25.5 Å². The molecular formula is C12H23N3. The van der Waals surface area contributed by atoms with E-state index < -0.39 is 0 Å². The van der Waals surface area contributed by atoms with Crippen LogP contribution in [0.1, 0.15) is 45.3 Å². The maximum atomic E-state index is 4.18. The zero-order valence-corrected chi connectivity index (χ0v) is 10.3. The van der Waals surface area contributed by atoms with Gasteiger partial charge in [0.25, 0.3) is 0 Å². The van der Waals surface area contributed by atoms with E-state index in [0.717, 1.165) is 12.5 Å². The van der Waals surface area contributed by atoms with E-state index in [2.05, 4.69) is 37.3 Å². The molecule has 0 fully saturated rings. The second kappa shape index (κ2) is 5.91. The van der Waals surface area contributed by atoms with Gasteiger partial charge in [0, 0.05) is 19.3 Å². The maximum Gasteiger partial charge on any atom is 0.0547 e. The zero-order valence-electron chi connectivity index (χ0n) is 10.3. The van der Waals surface area contributed by atoms with Crippen LogP contribution in [0.4, 0.5) is 0 Å². The highest BCUT2D eigenvalue weighted by atomic mass is 15.3. The van der Waals surface area contributed by atoms with E-state index in [0.29, 0.717) is 6.04 Å². The van der Waals surface area contributed by atoms with Crippen LogP contribution in [0.2, 0.25) is 0 Å². The van der Waals surface area contributed by atoms with Gasteiger partial charge in [0.05, 0.1) is 5.69 Å². The Hall–Kier alpha value is -0.830. The molecule has 1 aromatic rings. The number of aryl methyl sites for hydroxylation is 1. The number of hydrogen-bond acceptors (Lipinski definition) is 2. The Bertz CT molecular complexity index is 276. The average molecular weight is 209 g/mol. The first-order valence-electron chi connectivity index (χ1n) is 5.90. The summed E-state index contributed by atoms with van der Waals surface area (Å²) < 4.78 is 1.94. The summed E-state index contributed by atoms with van der Waals surface area (Å²) in [6, 6.07) is 2.46. The molecular weight excluding hydrogens is 186 g/mol. The quantitative estimate of drug-likeness (QED) is 0.780. The fourth-order valence-electron chi connectivity index (χ4n) is 1.83. The van der Waals surface area contributed by atoms with E-state index in [-0.39, 0.29) is 0 Å². The molecule has 86 valence electrons. The molecule has 1 atom stereocenters. The molecule has 3 nitrogen and oxygen atoms in total. The standard InChI is InChI=1S/C12H23N3/c1-5-11(6-2)9-13-10(3)12-7-8-14-15(12)4/h7-8,10-11,13H,5-6,9H2,1-4H3. The van der Waals surface area contributed by atoms with E-state index in [9.17, 15) is 0 Å². The third-order valence-electron chi connectivity index (χ3n) is 3.17. The van der Waals surface area contributed by atoms with Crippen LogP contribution in [0.5, 0.6) is 0 Å². The van der Waals surface area contributed by atoms with Crippen molar-refractivity contribution in [2.24, 2.45) is 13.0 Å². The average Bonchev–Trinajstić information content (AvgIpc) is 2.66. The number of aromatic nitrogens is 2. The Balaban J connectivity index is 2.42. The van der Waals surface area contributed by atoms with E-state index in [1.807, 2.05) is 17.9 Å². The smallest absolute Gasteiger partial charge is 0.0547 e. The van der Waals surface area contributed by atoms with Gasteiger partial charge in [-0.2, -0.15) is 5.10 Å². The topological polar surface area (TPSA) is 29.9 Å². The molecule has 0 amide bonds. The van der Waals surface area contributed by atoms with Gasteiger partial charge >= 0.3 is 0 Å². The number of hydrogen-bond donors (Lipinski definition) is 1. The van der Waals surface area contributed by atoms with Crippen LogP contribution in [-0.4, -0.2) is 16.3 Å². The van der Waals surface area contributed by atoms with Crippen LogP contribution in [0, 0.1) is 5.92 Å². The van der Waals surface area contributed by atoms with Crippen molar-refractivity contribution in [2.75, 3.05) is 6.54 Å². The van der Waals surface area contributed by atoms with Gasteiger partial charge in [-0.15, -0.1) is 0 Å². The first-order valence-corrected chi connectivity index (χ1v) is 5.90. The Morgan fingerprint density at radius 1 is 1.40 bits per heavy atom. The van der Waals surface area contributed by atoms with Crippen LogP contribution in [0.15, 0.2) is 12.3 Å². The normalized spacial score (nSPS) is 13.4. The van der Waals surface area contributed by atoms with Gasteiger partial charge in [0.15, 0.2) is 0 Å². The minimum atomic E-state index is 0.387. The van der Waals surface area contributed by atoms with Gasteiger partial charge < -0.3 is 5.32 Å². The lowest BCUT2D eigenvalue weighted by molar-refractivity contribution is 0.413. The molecule has 1 aromatic heterocycles. The van der Waals surface area contributed by atoms with Crippen LogP contribution >= 0.6 is 0 Å². The molecule has 0 spiro atoms. The highest BCUT2D eigenvalue weighted by Gasteiger charge is 2.10. The lowest BCUT2D eigenvalue weighted by Crippen LogP contribution is -2.26. The Kier molecular flexibility index (Phi) is 4.82. The third-order valence-corrected chi connectivity index (χ3v) is 3.17. The highest BCUT2D eigenvalue weighted by Crippen LogP contribution is 2.12. The molecule has 3 heteroatoms. The molecule has 1 unspecified atom stereocenters. The molecule has 0 saturated heterocycles. The number of nitrogens with zero attached hydrogens (tertiary/aromatic N) is 2. The van der Waals surface area contributed by atoms with Gasteiger partial charge in [0.2, 0.25) is 0 Å². The largest absolute Gasteiger partial charge is 0.309 e. The van der Waals surface area contributed by atoms with Crippen molar-refractivity contribution in [1.29, 1.82) is 0 Å². The van der Waals surface area contributed by atoms with Crippen molar-refractivity contribution >= 4 is 0 Å². The minimum absolute atomic E-state index is 0.387. The van der Waals surface area contributed by atoms with Crippen LogP contribution < -0.4 is 5.32 Å². The highest BCUT2D eigenvalue weighted by molar-refractivity contribution is 5.05. The summed E-state index contributed by atoms with van der Waals surface area (Å²) in [5, 5.41) is 7.75. The summed E-state index contributed by atoms with van der Waals surface area (Å²) >= 11 is 0. The van der Waals surface area contributed by atoms with Gasteiger partial charge in [0.1, 0.15) is 0 Å². The molecule has 1 rings (SSSR count). The summed E-state index contributed by atoms with van der Waals surface area (Å²) in [5.41, 5.74) is 1.25. The van der Waals surface area contributed by atoms with Crippen molar-refractivity contribution < 1.29 is 0 Å². The van der Waals surface area contributed by atoms with E-state index in [1.165, 1.54) is 18.5 Å². The molecule has 1 heterocycles. The van der Waals surface area contributed by atoms with Crippen molar-refractivity contribution in [3.05, 3.63) is 18.0 Å².